The molecule has 6 nitrogen and oxygen atoms in total. The molecule has 12 aromatic rings. The molecule has 0 aliphatic heterocycles. The van der Waals surface area contributed by atoms with Crippen molar-refractivity contribution in [2.45, 2.75) is 0 Å². The van der Waals surface area contributed by atoms with Gasteiger partial charge >= 0.3 is 0 Å². The van der Waals surface area contributed by atoms with Gasteiger partial charge in [-0.2, -0.15) is 5.26 Å². The van der Waals surface area contributed by atoms with Crippen LogP contribution in [0.3, 0.4) is 0 Å². The molecule has 0 aliphatic carbocycles. The number of para-hydroxylation sites is 5. The molecule has 12 rings (SSSR count). The number of rotatable bonds is 3. The van der Waals surface area contributed by atoms with Gasteiger partial charge in [0.25, 0.3) is 0 Å². The molecule has 6 heteroatoms. The van der Waals surface area contributed by atoms with Gasteiger partial charge in [-0.05, 0) is 60.7 Å². The van der Waals surface area contributed by atoms with Gasteiger partial charge in [-0.1, -0.05) is 97.1 Å². The van der Waals surface area contributed by atoms with Crippen molar-refractivity contribution in [3.8, 4) is 28.6 Å². The molecule has 0 N–H and O–H groups in total. The third kappa shape index (κ3) is 3.97. The Morgan fingerprint density at radius 3 is 1.64 bits per heavy atom. The average Bonchev–Trinajstić information content (AvgIpc) is 4.00. The van der Waals surface area contributed by atoms with Crippen LogP contribution in [0, 0.1) is 17.9 Å². The fraction of sp³-hybridized carbons (Fsp3) is 0. The normalized spacial score (nSPS) is 11.9. The van der Waals surface area contributed by atoms with Crippen molar-refractivity contribution in [3.05, 3.63) is 175 Å². The number of hydrogen-bond donors (Lipinski definition) is 0. The molecule has 4 aromatic heterocycles. The maximum Gasteiger partial charge on any atom is 0.189 e. The molecule has 0 aliphatic rings. The van der Waals surface area contributed by atoms with Crippen LogP contribution in [0.15, 0.2) is 167 Å². The summed E-state index contributed by atoms with van der Waals surface area (Å²) in [5.74, 6) is 0. The number of nitriles is 1. The van der Waals surface area contributed by atoms with Gasteiger partial charge in [0.15, 0.2) is 5.69 Å². The summed E-state index contributed by atoms with van der Waals surface area (Å²) in [5, 5.41) is 19.2. The highest BCUT2D eigenvalue weighted by molar-refractivity contribution is 6.25. The molecule has 0 amide bonds. The van der Waals surface area contributed by atoms with E-state index in [4.69, 9.17) is 15.4 Å². The summed E-state index contributed by atoms with van der Waals surface area (Å²) in [6, 6.07) is 55.8. The predicted molar refractivity (Wildman–Crippen MR) is 226 cm³/mol. The second kappa shape index (κ2) is 11.2. The molecule has 0 atom stereocenters. The van der Waals surface area contributed by atoms with E-state index in [1.807, 2.05) is 84.9 Å². The molecule has 4 heterocycles. The van der Waals surface area contributed by atoms with Crippen LogP contribution in [0.2, 0.25) is 0 Å². The van der Waals surface area contributed by atoms with Crippen molar-refractivity contribution in [1.29, 1.82) is 5.26 Å². The molecule has 258 valence electrons. The van der Waals surface area contributed by atoms with E-state index in [0.717, 1.165) is 110 Å². The zero-order valence-electron chi connectivity index (χ0n) is 29.6. The van der Waals surface area contributed by atoms with E-state index in [1.54, 1.807) is 0 Å². The smallest absolute Gasteiger partial charge is 0.189 e. The van der Waals surface area contributed by atoms with Crippen LogP contribution in [0.25, 0.3) is 115 Å². The molecule has 0 fully saturated rings. The summed E-state index contributed by atoms with van der Waals surface area (Å²) < 4.78 is 17.7. The highest BCUT2D eigenvalue weighted by atomic mass is 16.3. The molecule has 0 saturated carbocycles. The van der Waals surface area contributed by atoms with E-state index in [0.29, 0.717) is 11.3 Å². The predicted octanol–water partition coefficient (Wildman–Crippen LogP) is 13.8. The summed E-state index contributed by atoms with van der Waals surface area (Å²) in [5.41, 5.74) is 11.5. The topological polar surface area (TPSA) is 64.3 Å². The molecule has 0 unspecified atom stereocenters. The Morgan fingerprint density at radius 2 is 1.04 bits per heavy atom. The van der Waals surface area contributed by atoms with E-state index < -0.39 is 0 Å². The van der Waals surface area contributed by atoms with Gasteiger partial charge in [-0.25, -0.2) is 4.85 Å². The summed E-state index contributed by atoms with van der Waals surface area (Å²) in [6.45, 7) is 8.09. The van der Waals surface area contributed by atoms with Crippen LogP contribution < -0.4 is 0 Å². The zero-order valence-corrected chi connectivity index (χ0v) is 29.6. The van der Waals surface area contributed by atoms with Gasteiger partial charge < -0.3 is 18.0 Å². The minimum atomic E-state index is 0.515. The largest absolute Gasteiger partial charge is 0.455 e. The Hall–Kier alpha value is -8.06. The van der Waals surface area contributed by atoms with Crippen molar-refractivity contribution in [2.75, 3.05) is 0 Å². The fourth-order valence-corrected chi connectivity index (χ4v) is 9.06. The van der Waals surface area contributed by atoms with Crippen molar-refractivity contribution in [1.82, 2.24) is 9.13 Å². The van der Waals surface area contributed by atoms with Crippen molar-refractivity contribution < 1.29 is 8.83 Å². The van der Waals surface area contributed by atoms with Gasteiger partial charge in [0.2, 0.25) is 0 Å². The lowest BCUT2D eigenvalue weighted by molar-refractivity contribution is 0.672. The summed E-state index contributed by atoms with van der Waals surface area (Å²) in [7, 11) is 0. The lowest BCUT2D eigenvalue weighted by atomic mass is 9.97. The first-order valence-corrected chi connectivity index (χ1v) is 18.4. The number of benzene rings is 8. The fourth-order valence-electron chi connectivity index (χ4n) is 9.06. The third-order valence-corrected chi connectivity index (χ3v) is 11.4. The molecular weight excluding hydrogens is 689 g/mol. The molecule has 0 spiro atoms. The van der Waals surface area contributed by atoms with Crippen LogP contribution in [-0.2, 0) is 0 Å². The van der Waals surface area contributed by atoms with Crippen molar-refractivity contribution in [3.63, 3.8) is 0 Å². The van der Waals surface area contributed by atoms with E-state index >= 15 is 0 Å². The van der Waals surface area contributed by atoms with Crippen LogP contribution in [0.1, 0.15) is 5.56 Å². The molecule has 56 heavy (non-hydrogen) atoms. The number of nitrogens with zero attached hydrogens (tertiary/aromatic N) is 4. The van der Waals surface area contributed by atoms with Gasteiger partial charge in [0, 0.05) is 49.1 Å². The zero-order chi connectivity index (χ0) is 37.1. The lowest BCUT2D eigenvalue weighted by Gasteiger charge is -2.20. The van der Waals surface area contributed by atoms with Crippen LogP contribution >= 0.6 is 0 Å². The first-order chi connectivity index (χ1) is 27.7. The number of furan rings is 2. The molecule has 0 bridgehead atoms. The lowest BCUT2D eigenvalue weighted by Crippen LogP contribution is -2.03. The Kier molecular flexibility index (Phi) is 6.10. The number of hydrogen-bond acceptors (Lipinski definition) is 3. The Bertz CT molecular complexity index is 3750. The van der Waals surface area contributed by atoms with Gasteiger partial charge in [-0.3, -0.25) is 0 Å². The van der Waals surface area contributed by atoms with Gasteiger partial charge in [0.1, 0.15) is 28.4 Å². The minimum absolute atomic E-state index is 0.515. The maximum atomic E-state index is 10.8. The van der Waals surface area contributed by atoms with Crippen molar-refractivity contribution in [2.24, 2.45) is 0 Å². The minimum Gasteiger partial charge on any atom is -0.455 e. The Labute approximate surface area is 318 Å². The summed E-state index contributed by atoms with van der Waals surface area (Å²) in [4.78, 5) is 3.90. The monoisotopic (exact) mass is 714 g/mol. The second-order valence-electron chi connectivity index (χ2n) is 14.2. The average molecular weight is 715 g/mol. The quantitative estimate of drug-likeness (QED) is 0.171. The van der Waals surface area contributed by atoms with E-state index in [1.165, 1.54) is 0 Å². The van der Waals surface area contributed by atoms with Gasteiger partial charge in [0.05, 0.1) is 50.7 Å². The van der Waals surface area contributed by atoms with Crippen LogP contribution in [0.5, 0.6) is 0 Å². The standard InChI is InChI=1S/C50H26N4O2/c1-52-30-21-22-31(43(27-30)53-39-17-6-2-14-37(39)46-41(53)25-23-35-32-12-4-8-19-44(32)55-49(35)46)34-16-10-11-29(28-51)48(34)54-40-18-7-3-15-38(40)47-42(54)26-24-36-33-13-5-9-20-45(33)56-50(36)47/h2-27H. The summed E-state index contributed by atoms with van der Waals surface area (Å²) in [6.07, 6.45) is 0. The second-order valence-corrected chi connectivity index (χ2v) is 14.2. The highest BCUT2D eigenvalue weighted by Crippen LogP contribution is 2.46. The highest BCUT2D eigenvalue weighted by Gasteiger charge is 2.25. The molecular formula is C50H26N4O2. The first kappa shape index (κ1) is 30.4. The molecule has 0 radical (unpaired) electrons. The number of aromatic nitrogens is 2. The van der Waals surface area contributed by atoms with E-state index in [9.17, 15) is 5.26 Å². The Balaban J connectivity index is 1.21. The SMILES string of the molecule is [C-]#[N+]c1ccc(-c2cccc(C#N)c2-n2c3ccccc3c3c4oc5ccccc5c4ccc32)c(-n2c3ccccc3c3c4oc5ccccc5c4ccc32)c1. The van der Waals surface area contributed by atoms with E-state index in [-0.39, 0.29) is 0 Å². The number of fused-ring (bicyclic) bond motifs is 14. The van der Waals surface area contributed by atoms with Crippen molar-refractivity contribution >= 4 is 93.2 Å². The maximum absolute atomic E-state index is 10.8. The Morgan fingerprint density at radius 1 is 0.482 bits per heavy atom. The van der Waals surface area contributed by atoms with Crippen LogP contribution in [-0.4, -0.2) is 9.13 Å². The van der Waals surface area contributed by atoms with E-state index in [2.05, 4.69) is 92.8 Å². The summed E-state index contributed by atoms with van der Waals surface area (Å²) >= 11 is 0. The van der Waals surface area contributed by atoms with Gasteiger partial charge in [-0.15, -0.1) is 0 Å². The molecule has 8 aromatic carbocycles. The molecule has 0 saturated heterocycles. The van der Waals surface area contributed by atoms with Crippen LogP contribution in [0.4, 0.5) is 5.69 Å². The third-order valence-electron chi connectivity index (χ3n) is 11.4. The first-order valence-electron chi connectivity index (χ1n) is 18.4.